The number of hydroxylamine groups is 3. The molecular formula is C8H16N2O. The first-order valence-electron chi connectivity index (χ1n) is 4.14. The maximum atomic E-state index is 11.7. The van der Waals surface area contributed by atoms with E-state index in [1.54, 1.807) is 6.20 Å². The van der Waals surface area contributed by atoms with Crippen molar-refractivity contribution in [1.82, 2.24) is 4.90 Å². The molecule has 1 atom stereocenters. The fraction of sp³-hybridized carbons (Fsp3) is 0.750. The maximum Gasteiger partial charge on any atom is 0.158 e. The fourth-order valence-corrected chi connectivity index (χ4v) is 1.28. The van der Waals surface area contributed by atoms with Gasteiger partial charge in [0.1, 0.15) is 6.20 Å². The largest absolute Gasteiger partial charge is 0.626 e. The number of hydrogen-bond acceptors (Lipinski definition) is 2. The number of hydrogen-bond donors (Lipinski definition) is 0. The quantitative estimate of drug-likeness (QED) is 0.457. The fourth-order valence-electron chi connectivity index (χ4n) is 1.28. The van der Waals surface area contributed by atoms with E-state index in [0.717, 1.165) is 19.4 Å². The second-order valence-electron chi connectivity index (χ2n) is 3.23. The molecule has 0 aromatic rings. The average molecular weight is 156 g/mol. The first-order chi connectivity index (χ1) is 5.16. The number of quaternary nitrogens is 1. The van der Waals surface area contributed by atoms with Crippen molar-refractivity contribution in [3.63, 3.8) is 0 Å². The van der Waals surface area contributed by atoms with E-state index in [4.69, 9.17) is 0 Å². The van der Waals surface area contributed by atoms with Crippen molar-refractivity contribution in [1.29, 1.82) is 0 Å². The smallest absolute Gasteiger partial charge is 0.158 e. The highest BCUT2D eigenvalue weighted by molar-refractivity contribution is 4.79. The third kappa shape index (κ3) is 2.20. The van der Waals surface area contributed by atoms with Gasteiger partial charge in [0.25, 0.3) is 0 Å². The van der Waals surface area contributed by atoms with Gasteiger partial charge in [-0.15, -0.1) is 0 Å². The molecule has 3 nitrogen and oxygen atoms in total. The molecule has 1 unspecified atom stereocenters. The molecule has 1 heterocycles. The molecule has 1 aliphatic rings. The van der Waals surface area contributed by atoms with E-state index in [-0.39, 0.29) is 4.65 Å². The molecular weight excluding hydrogens is 140 g/mol. The predicted molar refractivity (Wildman–Crippen MR) is 45.2 cm³/mol. The van der Waals surface area contributed by atoms with Crippen molar-refractivity contribution < 1.29 is 4.65 Å². The summed E-state index contributed by atoms with van der Waals surface area (Å²) in [6, 6.07) is 0. The zero-order chi connectivity index (χ0) is 8.32. The Morgan fingerprint density at radius 1 is 1.64 bits per heavy atom. The Hall–Kier alpha value is -0.540. The normalized spacial score (nSPS) is 29.9. The first kappa shape index (κ1) is 8.56. The molecule has 0 aromatic carbocycles. The van der Waals surface area contributed by atoms with E-state index in [1.165, 1.54) is 0 Å². The van der Waals surface area contributed by atoms with E-state index in [2.05, 4.69) is 6.92 Å². The van der Waals surface area contributed by atoms with Crippen LogP contribution in [0, 0.1) is 5.21 Å². The number of rotatable bonds is 3. The summed E-state index contributed by atoms with van der Waals surface area (Å²) in [6.45, 7) is 3.41. The summed E-state index contributed by atoms with van der Waals surface area (Å²) in [5, 5.41) is 11.7. The van der Waals surface area contributed by atoms with Crippen molar-refractivity contribution in [3.05, 3.63) is 17.6 Å². The van der Waals surface area contributed by atoms with Gasteiger partial charge in [0.15, 0.2) is 6.67 Å². The van der Waals surface area contributed by atoms with Gasteiger partial charge in [-0.1, -0.05) is 13.3 Å². The molecule has 0 aromatic heterocycles. The molecule has 0 N–H and O–H groups in total. The number of unbranched alkanes of at least 4 members (excludes halogenated alkanes) is 1. The summed E-state index contributed by atoms with van der Waals surface area (Å²) >= 11 is 0. The molecule has 0 spiro atoms. The highest BCUT2D eigenvalue weighted by Crippen LogP contribution is 2.15. The minimum atomic E-state index is -0.162. The first-order valence-corrected chi connectivity index (χ1v) is 4.14. The van der Waals surface area contributed by atoms with Crippen LogP contribution in [0.3, 0.4) is 0 Å². The van der Waals surface area contributed by atoms with Gasteiger partial charge in [0.05, 0.1) is 12.7 Å². The third-order valence-corrected chi connectivity index (χ3v) is 1.95. The lowest BCUT2D eigenvalue weighted by Gasteiger charge is -2.36. The van der Waals surface area contributed by atoms with Crippen molar-refractivity contribution in [2.45, 2.75) is 19.8 Å². The second kappa shape index (κ2) is 3.24. The molecule has 1 rings (SSSR count). The lowest BCUT2D eigenvalue weighted by molar-refractivity contribution is -0.831. The van der Waals surface area contributed by atoms with Crippen LogP contribution in [-0.4, -0.2) is 29.8 Å². The van der Waals surface area contributed by atoms with E-state index >= 15 is 0 Å². The van der Waals surface area contributed by atoms with Crippen LogP contribution in [0.1, 0.15) is 19.8 Å². The highest BCUT2D eigenvalue weighted by Gasteiger charge is 2.19. The van der Waals surface area contributed by atoms with Gasteiger partial charge in [0.2, 0.25) is 0 Å². The highest BCUT2D eigenvalue weighted by atomic mass is 16.5. The molecule has 0 saturated heterocycles. The van der Waals surface area contributed by atoms with Crippen LogP contribution in [-0.2, 0) is 0 Å². The molecule has 0 fully saturated rings. The maximum absolute atomic E-state index is 11.7. The summed E-state index contributed by atoms with van der Waals surface area (Å²) in [6.07, 6.45) is 5.71. The third-order valence-electron chi connectivity index (χ3n) is 1.95. The van der Waals surface area contributed by atoms with Gasteiger partial charge in [-0.05, 0) is 6.42 Å². The zero-order valence-corrected chi connectivity index (χ0v) is 7.29. The van der Waals surface area contributed by atoms with Gasteiger partial charge in [-0.3, -0.25) is 0 Å². The average Bonchev–Trinajstić information content (AvgIpc) is 2.28. The van der Waals surface area contributed by atoms with E-state index in [9.17, 15) is 5.21 Å². The Balaban J connectivity index is 2.37. The molecule has 3 heteroatoms. The van der Waals surface area contributed by atoms with Crippen LogP contribution in [0.25, 0.3) is 0 Å². The Morgan fingerprint density at radius 2 is 2.36 bits per heavy atom. The lowest BCUT2D eigenvalue weighted by atomic mass is 10.3. The van der Waals surface area contributed by atoms with Gasteiger partial charge in [0, 0.05) is 7.05 Å². The molecule has 0 amide bonds. The van der Waals surface area contributed by atoms with Gasteiger partial charge in [-0.25, -0.2) is 0 Å². The van der Waals surface area contributed by atoms with Crippen LogP contribution < -0.4 is 0 Å². The van der Waals surface area contributed by atoms with Crippen molar-refractivity contribution in [2.75, 3.05) is 20.3 Å². The molecule has 1 aliphatic heterocycles. The van der Waals surface area contributed by atoms with Crippen LogP contribution in [0.5, 0.6) is 0 Å². The van der Waals surface area contributed by atoms with Crippen molar-refractivity contribution in [2.24, 2.45) is 0 Å². The molecule has 11 heavy (non-hydrogen) atoms. The number of nitrogens with zero attached hydrogens (tertiary/aromatic N) is 2. The minimum absolute atomic E-state index is 0.162. The zero-order valence-electron chi connectivity index (χ0n) is 7.29. The van der Waals surface area contributed by atoms with Gasteiger partial charge < -0.3 is 14.8 Å². The Bertz CT molecular complexity index is 158. The molecule has 0 radical (unpaired) electrons. The monoisotopic (exact) mass is 156 g/mol. The summed E-state index contributed by atoms with van der Waals surface area (Å²) in [5.74, 6) is 0. The molecule has 0 aliphatic carbocycles. The Kier molecular flexibility index (Phi) is 2.52. The summed E-state index contributed by atoms with van der Waals surface area (Å²) in [4.78, 5) is 1.93. The molecule has 64 valence electrons. The minimum Gasteiger partial charge on any atom is -0.626 e. The van der Waals surface area contributed by atoms with E-state index in [0.29, 0.717) is 6.67 Å². The SMILES string of the molecule is CCCC[N+]1([O-])C=CN(C)C1. The molecule has 0 bridgehead atoms. The predicted octanol–water partition coefficient (Wildman–Crippen LogP) is 1.48. The standard InChI is InChI=1S/C8H16N2O/c1-3-4-6-10(11)7-5-9(2)8-10/h5,7H,3-4,6,8H2,1-2H3. The van der Waals surface area contributed by atoms with Crippen LogP contribution in [0.2, 0.25) is 0 Å². The topological polar surface area (TPSA) is 26.3 Å². The summed E-state index contributed by atoms with van der Waals surface area (Å²) in [5.41, 5.74) is 0. The summed E-state index contributed by atoms with van der Waals surface area (Å²) in [7, 11) is 1.93. The summed E-state index contributed by atoms with van der Waals surface area (Å²) < 4.78 is -0.162. The molecule has 0 saturated carbocycles. The van der Waals surface area contributed by atoms with Crippen LogP contribution in [0.4, 0.5) is 0 Å². The van der Waals surface area contributed by atoms with E-state index < -0.39 is 0 Å². The Morgan fingerprint density at radius 3 is 2.82 bits per heavy atom. The van der Waals surface area contributed by atoms with E-state index in [1.807, 2.05) is 18.1 Å². The van der Waals surface area contributed by atoms with Crippen LogP contribution in [0.15, 0.2) is 12.4 Å². The lowest BCUT2D eigenvalue weighted by Crippen LogP contribution is -2.38. The van der Waals surface area contributed by atoms with Crippen LogP contribution >= 0.6 is 0 Å². The second-order valence-corrected chi connectivity index (χ2v) is 3.23. The van der Waals surface area contributed by atoms with Gasteiger partial charge in [-0.2, -0.15) is 0 Å². The Labute approximate surface area is 68.1 Å². The van der Waals surface area contributed by atoms with Crippen molar-refractivity contribution in [3.8, 4) is 0 Å². The van der Waals surface area contributed by atoms with Crippen molar-refractivity contribution >= 4 is 0 Å². The van der Waals surface area contributed by atoms with Gasteiger partial charge >= 0.3 is 0 Å².